The lowest BCUT2D eigenvalue weighted by Gasteiger charge is -2.00. The maximum Gasteiger partial charge on any atom is 0.209 e. The van der Waals surface area contributed by atoms with Crippen molar-refractivity contribution in [2.75, 3.05) is 6.54 Å². The summed E-state index contributed by atoms with van der Waals surface area (Å²) >= 11 is 6.78. The number of nitrogens with two attached hydrogens (primary N) is 1. The Bertz CT molecular complexity index is 455. The van der Waals surface area contributed by atoms with Crippen LogP contribution in [0, 0.1) is 0 Å². The quantitative estimate of drug-likeness (QED) is 0.850. The molecule has 2 aromatic rings. The third kappa shape index (κ3) is 3.03. The molecule has 2 heterocycles. The molecule has 0 fully saturated rings. The predicted molar refractivity (Wildman–Crippen MR) is 68.5 cm³/mol. The van der Waals surface area contributed by atoms with Crippen molar-refractivity contribution in [2.45, 2.75) is 17.5 Å². The normalized spacial score (nSPS) is 10.9. The average Bonchev–Trinajstić information content (AvgIpc) is 2.85. The minimum absolute atomic E-state index is 0.545. The van der Waals surface area contributed by atoms with Gasteiger partial charge in [0, 0.05) is 17.2 Å². The number of tetrazole rings is 1. The number of halogens is 1. The van der Waals surface area contributed by atoms with E-state index < -0.39 is 0 Å². The van der Waals surface area contributed by atoms with E-state index in [4.69, 9.17) is 5.73 Å². The number of rotatable bonds is 5. The van der Waals surface area contributed by atoms with Crippen LogP contribution in [-0.2, 0) is 12.3 Å². The maximum atomic E-state index is 5.47. The van der Waals surface area contributed by atoms with Gasteiger partial charge in [0.05, 0.1) is 10.3 Å². The van der Waals surface area contributed by atoms with Gasteiger partial charge in [-0.05, 0) is 38.5 Å². The molecule has 0 aliphatic carbocycles. The highest BCUT2D eigenvalue weighted by Crippen LogP contribution is 2.27. The zero-order valence-electron chi connectivity index (χ0n) is 8.34. The molecular formula is C8H10BrN5S2. The lowest BCUT2D eigenvalue weighted by atomic mass is 10.5. The van der Waals surface area contributed by atoms with Gasteiger partial charge in [-0.2, -0.15) is 0 Å². The smallest absolute Gasteiger partial charge is 0.209 e. The Balaban J connectivity index is 1.96. The van der Waals surface area contributed by atoms with Gasteiger partial charge in [0.1, 0.15) is 0 Å². The van der Waals surface area contributed by atoms with Crippen LogP contribution in [0.5, 0.6) is 0 Å². The second-order valence-corrected chi connectivity index (χ2v) is 6.46. The molecule has 8 heteroatoms. The fourth-order valence-electron chi connectivity index (χ4n) is 1.13. The molecule has 0 aromatic carbocycles. The largest absolute Gasteiger partial charge is 0.329 e. The van der Waals surface area contributed by atoms with Crippen molar-refractivity contribution < 1.29 is 0 Å². The molecule has 0 aliphatic heterocycles. The Hall–Kier alpha value is -0.440. The van der Waals surface area contributed by atoms with Gasteiger partial charge in [0.15, 0.2) is 0 Å². The van der Waals surface area contributed by atoms with E-state index in [9.17, 15) is 0 Å². The second kappa shape index (κ2) is 5.76. The van der Waals surface area contributed by atoms with Crippen LogP contribution in [0.3, 0.4) is 0 Å². The van der Waals surface area contributed by atoms with Crippen LogP contribution in [0.15, 0.2) is 21.1 Å². The minimum atomic E-state index is 0.545. The van der Waals surface area contributed by atoms with Gasteiger partial charge in [-0.1, -0.05) is 11.8 Å². The van der Waals surface area contributed by atoms with Crippen molar-refractivity contribution in [3.63, 3.8) is 0 Å². The summed E-state index contributed by atoms with van der Waals surface area (Å²) in [6.07, 6.45) is 0. The molecule has 16 heavy (non-hydrogen) atoms. The number of hydrogen-bond donors (Lipinski definition) is 1. The van der Waals surface area contributed by atoms with E-state index in [1.807, 2.05) is 6.07 Å². The molecule has 0 aliphatic rings. The summed E-state index contributed by atoms with van der Waals surface area (Å²) in [5, 5.41) is 12.3. The van der Waals surface area contributed by atoms with Crippen LogP contribution in [0.25, 0.3) is 0 Å². The zero-order valence-corrected chi connectivity index (χ0v) is 11.6. The van der Waals surface area contributed by atoms with Crippen molar-refractivity contribution in [2.24, 2.45) is 5.73 Å². The molecule has 2 rings (SSSR count). The van der Waals surface area contributed by atoms with Crippen molar-refractivity contribution in [3.8, 4) is 0 Å². The van der Waals surface area contributed by atoms with Crippen LogP contribution in [0.4, 0.5) is 0 Å². The van der Waals surface area contributed by atoms with Gasteiger partial charge in [-0.3, -0.25) is 0 Å². The van der Waals surface area contributed by atoms with Gasteiger partial charge in [-0.15, -0.1) is 16.4 Å². The van der Waals surface area contributed by atoms with Crippen LogP contribution in [0.1, 0.15) is 4.88 Å². The molecule has 0 spiro atoms. The van der Waals surface area contributed by atoms with Gasteiger partial charge < -0.3 is 5.73 Å². The van der Waals surface area contributed by atoms with Crippen LogP contribution in [0.2, 0.25) is 0 Å². The SMILES string of the molecule is NCCn1nnnc1SCc1ccc(Br)s1. The highest BCUT2D eigenvalue weighted by molar-refractivity contribution is 9.11. The highest BCUT2D eigenvalue weighted by Gasteiger charge is 2.07. The summed E-state index contributed by atoms with van der Waals surface area (Å²) in [7, 11) is 0. The Labute approximate surface area is 110 Å². The number of aromatic nitrogens is 4. The molecule has 0 unspecified atom stereocenters. The summed E-state index contributed by atoms with van der Waals surface area (Å²) in [5.41, 5.74) is 5.47. The van der Waals surface area contributed by atoms with Gasteiger partial charge in [0.2, 0.25) is 5.16 Å². The Morgan fingerprint density at radius 2 is 2.38 bits per heavy atom. The Morgan fingerprint density at radius 3 is 3.06 bits per heavy atom. The van der Waals surface area contributed by atoms with E-state index in [1.54, 1.807) is 27.8 Å². The molecule has 0 saturated carbocycles. The van der Waals surface area contributed by atoms with Gasteiger partial charge in [-0.25, -0.2) is 4.68 Å². The number of hydrogen-bond acceptors (Lipinski definition) is 6. The summed E-state index contributed by atoms with van der Waals surface area (Å²) in [5.74, 6) is 0.876. The highest BCUT2D eigenvalue weighted by atomic mass is 79.9. The molecule has 0 atom stereocenters. The molecular weight excluding hydrogens is 310 g/mol. The Kier molecular flexibility index (Phi) is 4.33. The number of thiophene rings is 1. The third-order valence-corrected chi connectivity index (χ3v) is 4.62. The lowest BCUT2D eigenvalue weighted by Crippen LogP contribution is -2.12. The average molecular weight is 320 g/mol. The summed E-state index contributed by atoms with van der Waals surface area (Å²) in [6.45, 7) is 1.20. The van der Waals surface area contributed by atoms with Crippen molar-refractivity contribution in [1.29, 1.82) is 0 Å². The molecule has 0 amide bonds. The van der Waals surface area contributed by atoms with Crippen LogP contribution in [-0.4, -0.2) is 26.8 Å². The monoisotopic (exact) mass is 319 g/mol. The molecule has 0 bridgehead atoms. The lowest BCUT2D eigenvalue weighted by molar-refractivity contribution is 0.557. The van der Waals surface area contributed by atoms with E-state index in [0.29, 0.717) is 13.1 Å². The summed E-state index contributed by atoms with van der Waals surface area (Å²) < 4.78 is 2.87. The maximum absolute atomic E-state index is 5.47. The summed E-state index contributed by atoms with van der Waals surface area (Å²) in [4.78, 5) is 1.29. The fraction of sp³-hybridized carbons (Fsp3) is 0.375. The molecule has 86 valence electrons. The summed E-state index contributed by atoms with van der Waals surface area (Å²) in [6, 6.07) is 4.14. The molecule has 2 N–H and O–H groups in total. The fourth-order valence-corrected chi connectivity index (χ4v) is 3.56. The van der Waals surface area contributed by atoms with E-state index in [0.717, 1.165) is 14.7 Å². The van der Waals surface area contributed by atoms with Crippen LogP contribution < -0.4 is 5.73 Å². The molecule has 2 aromatic heterocycles. The van der Waals surface area contributed by atoms with Crippen molar-refractivity contribution >= 4 is 39.0 Å². The zero-order chi connectivity index (χ0) is 11.4. The predicted octanol–water partition coefficient (Wildman–Crippen LogP) is 1.75. The first-order chi connectivity index (χ1) is 7.79. The van der Waals surface area contributed by atoms with Crippen molar-refractivity contribution in [3.05, 3.63) is 20.8 Å². The van der Waals surface area contributed by atoms with E-state index in [2.05, 4.69) is 37.5 Å². The topological polar surface area (TPSA) is 69.6 Å². The van der Waals surface area contributed by atoms with E-state index in [-0.39, 0.29) is 0 Å². The second-order valence-electron chi connectivity index (χ2n) is 2.97. The third-order valence-electron chi connectivity index (χ3n) is 1.81. The van der Waals surface area contributed by atoms with E-state index in [1.165, 1.54) is 4.88 Å². The standard InChI is InChI=1S/C8H10BrN5S2/c9-7-2-1-6(16-7)5-15-8-11-12-13-14(8)4-3-10/h1-2H,3-5,10H2. The molecule has 0 saturated heterocycles. The number of nitrogens with zero attached hydrogens (tertiary/aromatic N) is 4. The van der Waals surface area contributed by atoms with Crippen LogP contribution >= 0.6 is 39.0 Å². The van der Waals surface area contributed by atoms with Gasteiger partial charge >= 0.3 is 0 Å². The first kappa shape index (κ1) is 12.0. The first-order valence-electron chi connectivity index (χ1n) is 4.63. The van der Waals surface area contributed by atoms with Gasteiger partial charge in [0.25, 0.3) is 0 Å². The van der Waals surface area contributed by atoms with Crippen molar-refractivity contribution in [1.82, 2.24) is 20.2 Å². The molecule has 5 nitrogen and oxygen atoms in total. The van der Waals surface area contributed by atoms with E-state index >= 15 is 0 Å². The molecule has 0 radical (unpaired) electrons. The Morgan fingerprint density at radius 1 is 1.50 bits per heavy atom. The number of thioether (sulfide) groups is 1. The minimum Gasteiger partial charge on any atom is -0.329 e. The first-order valence-corrected chi connectivity index (χ1v) is 7.22.